The largest absolute Gasteiger partial charge is 0.482 e. The number of aryl methyl sites for hydroxylation is 1. The molecule has 1 fully saturated rings. The van der Waals surface area contributed by atoms with Crippen LogP contribution in [0.5, 0.6) is 5.75 Å². The van der Waals surface area contributed by atoms with Crippen LogP contribution in [0.2, 0.25) is 0 Å². The highest BCUT2D eigenvalue weighted by molar-refractivity contribution is 5.68. The highest BCUT2D eigenvalue weighted by Gasteiger charge is 2.41. The number of ether oxygens (including phenoxy) is 2. The first-order valence-electron chi connectivity index (χ1n) is 16.3. The smallest absolute Gasteiger partial charge is 0.341 e. The monoisotopic (exact) mass is 596 g/mol. The van der Waals surface area contributed by atoms with Crippen LogP contribution in [0.25, 0.3) is 11.1 Å². The van der Waals surface area contributed by atoms with Gasteiger partial charge in [-0.05, 0) is 77.5 Å². The number of carbonyl (C=O) groups is 1. The molecule has 4 heteroatoms. The Morgan fingerprint density at radius 3 is 2.18 bits per heavy atom. The van der Waals surface area contributed by atoms with Crippen molar-refractivity contribution in [2.45, 2.75) is 111 Å². The maximum Gasteiger partial charge on any atom is 0.341 e. The van der Waals surface area contributed by atoms with Crippen molar-refractivity contribution < 1.29 is 19.4 Å². The Hall–Kier alpha value is -3.37. The fraction of sp³-hybridized carbons (Fsp3) is 0.475. The highest BCUT2D eigenvalue weighted by atomic mass is 16.5. The van der Waals surface area contributed by atoms with E-state index in [1.54, 1.807) is 0 Å². The van der Waals surface area contributed by atoms with Gasteiger partial charge in [0.25, 0.3) is 0 Å². The van der Waals surface area contributed by atoms with Crippen molar-refractivity contribution >= 4 is 5.97 Å². The number of aliphatic carboxylic acids is 1. The minimum absolute atomic E-state index is 0.0315. The summed E-state index contributed by atoms with van der Waals surface area (Å²) in [5, 5.41) is 9.43. The van der Waals surface area contributed by atoms with E-state index in [2.05, 4.69) is 117 Å². The van der Waals surface area contributed by atoms with Crippen molar-refractivity contribution in [3.05, 3.63) is 101 Å². The lowest BCUT2D eigenvalue weighted by Crippen LogP contribution is -2.36. The SMILES string of the molecule is C=C(C)[C@@H]1C[C@@H](c2ccc(-c3ccc(C(C)(C)C)cc3)cc2)[C@@H](CCCC)O[C@H]1c1c(C)cc(C(C)C)cc1OCC(=O)O. The van der Waals surface area contributed by atoms with Crippen LogP contribution < -0.4 is 4.74 Å². The van der Waals surface area contributed by atoms with Crippen molar-refractivity contribution in [1.29, 1.82) is 0 Å². The molecule has 0 bridgehead atoms. The van der Waals surface area contributed by atoms with Gasteiger partial charge in [0.1, 0.15) is 5.75 Å². The predicted molar refractivity (Wildman–Crippen MR) is 182 cm³/mol. The van der Waals surface area contributed by atoms with Gasteiger partial charge >= 0.3 is 5.97 Å². The van der Waals surface area contributed by atoms with Crippen LogP contribution >= 0.6 is 0 Å². The summed E-state index contributed by atoms with van der Waals surface area (Å²) < 4.78 is 13.1. The van der Waals surface area contributed by atoms with Gasteiger partial charge in [-0.3, -0.25) is 0 Å². The number of carboxylic acids is 1. The Morgan fingerprint density at radius 1 is 1.05 bits per heavy atom. The quantitative estimate of drug-likeness (QED) is 0.224. The van der Waals surface area contributed by atoms with Crippen LogP contribution in [0.4, 0.5) is 0 Å². The Morgan fingerprint density at radius 2 is 1.66 bits per heavy atom. The lowest BCUT2D eigenvalue weighted by Gasteiger charge is -2.43. The molecule has 1 heterocycles. The molecule has 236 valence electrons. The molecule has 4 nitrogen and oxygen atoms in total. The van der Waals surface area contributed by atoms with Gasteiger partial charge in [0.05, 0.1) is 12.2 Å². The highest BCUT2D eigenvalue weighted by Crippen LogP contribution is 2.50. The molecular formula is C40H52O4. The normalized spacial score (nSPS) is 20.5. The molecule has 1 aliphatic rings. The van der Waals surface area contributed by atoms with Crippen molar-refractivity contribution in [3.63, 3.8) is 0 Å². The summed E-state index contributed by atoms with van der Waals surface area (Å²) in [6.07, 6.45) is 3.83. The molecule has 0 unspecified atom stereocenters. The van der Waals surface area contributed by atoms with Gasteiger partial charge in [0.15, 0.2) is 6.61 Å². The molecule has 44 heavy (non-hydrogen) atoms. The third-order valence-corrected chi connectivity index (χ3v) is 9.22. The molecule has 1 saturated heterocycles. The second kappa shape index (κ2) is 14.2. The lowest BCUT2D eigenvalue weighted by molar-refractivity contribution is -0.139. The molecule has 4 rings (SSSR count). The Labute approximate surface area is 265 Å². The van der Waals surface area contributed by atoms with Crippen LogP contribution in [0.3, 0.4) is 0 Å². The van der Waals surface area contributed by atoms with Crippen molar-refractivity contribution in [3.8, 4) is 16.9 Å². The molecule has 4 atom stereocenters. The minimum Gasteiger partial charge on any atom is -0.482 e. The number of carboxylic acid groups (broad SMARTS) is 1. The van der Waals surface area contributed by atoms with Gasteiger partial charge in [-0.1, -0.05) is 121 Å². The van der Waals surface area contributed by atoms with Gasteiger partial charge in [0.2, 0.25) is 0 Å². The number of hydrogen-bond donors (Lipinski definition) is 1. The zero-order valence-electron chi connectivity index (χ0n) is 28.1. The second-order valence-corrected chi connectivity index (χ2v) is 14.1. The lowest BCUT2D eigenvalue weighted by atomic mass is 9.73. The molecule has 0 saturated carbocycles. The third kappa shape index (κ3) is 7.82. The van der Waals surface area contributed by atoms with Gasteiger partial charge in [-0.2, -0.15) is 0 Å². The molecule has 0 amide bonds. The van der Waals surface area contributed by atoms with Crippen LogP contribution in [-0.4, -0.2) is 23.8 Å². The van der Waals surface area contributed by atoms with E-state index in [1.807, 2.05) is 6.07 Å². The van der Waals surface area contributed by atoms with E-state index in [9.17, 15) is 9.90 Å². The predicted octanol–water partition coefficient (Wildman–Crippen LogP) is 10.5. The van der Waals surface area contributed by atoms with E-state index in [1.165, 1.54) is 22.3 Å². The van der Waals surface area contributed by atoms with E-state index >= 15 is 0 Å². The third-order valence-electron chi connectivity index (χ3n) is 9.22. The van der Waals surface area contributed by atoms with E-state index < -0.39 is 5.97 Å². The van der Waals surface area contributed by atoms with Crippen LogP contribution in [0.1, 0.15) is 120 Å². The van der Waals surface area contributed by atoms with E-state index in [0.717, 1.165) is 47.9 Å². The molecule has 1 aliphatic heterocycles. The van der Waals surface area contributed by atoms with Gasteiger partial charge < -0.3 is 14.6 Å². The van der Waals surface area contributed by atoms with Crippen LogP contribution in [0.15, 0.2) is 72.8 Å². The minimum atomic E-state index is -0.987. The van der Waals surface area contributed by atoms with Crippen molar-refractivity contribution in [2.24, 2.45) is 5.92 Å². The van der Waals surface area contributed by atoms with Gasteiger partial charge in [0, 0.05) is 17.4 Å². The summed E-state index contributed by atoms with van der Waals surface area (Å²) in [5.41, 5.74) is 9.42. The Balaban J connectivity index is 1.69. The molecule has 0 radical (unpaired) electrons. The number of rotatable bonds is 11. The molecule has 0 aromatic heterocycles. The fourth-order valence-electron chi connectivity index (χ4n) is 6.52. The van der Waals surface area contributed by atoms with E-state index in [4.69, 9.17) is 9.47 Å². The molecule has 0 spiro atoms. The summed E-state index contributed by atoms with van der Waals surface area (Å²) in [7, 11) is 0. The average Bonchev–Trinajstić information content (AvgIpc) is 2.98. The maximum atomic E-state index is 11.5. The number of unbranched alkanes of at least 4 members (excludes halogenated alkanes) is 1. The van der Waals surface area contributed by atoms with Crippen molar-refractivity contribution in [2.75, 3.05) is 6.61 Å². The Kier molecular flexibility index (Phi) is 10.8. The molecule has 3 aromatic carbocycles. The summed E-state index contributed by atoms with van der Waals surface area (Å²) >= 11 is 0. The van der Waals surface area contributed by atoms with Crippen LogP contribution in [0, 0.1) is 12.8 Å². The molecule has 1 N–H and O–H groups in total. The summed E-state index contributed by atoms with van der Waals surface area (Å²) in [4.78, 5) is 11.5. The zero-order valence-corrected chi connectivity index (χ0v) is 28.1. The molecule has 3 aromatic rings. The maximum absolute atomic E-state index is 11.5. The fourth-order valence-corrected chi connectivity index (χ4v) is 6.52. The first kappa shape index (κ1) is 33.5. The topological polar surface area (TPSA) is 55.8 Å². The standard InChI is InChI=1S/C40H52O4/c1-10-11-12-35-34(30-15-13-28(14-16-30)29-17-19-32(20-18-29)40(7,8)9)23-33(26(4)5)39(44-35)38-27(6)21-31(25(2)3)22-36(38)43-24-37(41)42/h13-22,25,33-35,39H,4,10-12,23-24H2,1-3,5-9H3,(H,41,42)/t33-,34-,35+,39+/m0/s1. The van der Waals surface area contributed by atoms with Crippen molar-refractivity contribution in [1.82, 2.24) is 0 Å². The van der Waals surface area contributed by atoms with Gasteiger partial charge in [-0.15, -0.1) is 0 Å². The van der Waals surface area contributed by atoms with E-state index in [0.29, 0.717) is 11.7 Å². The summed E-state index contributed by atoms with van der Waals surface area (Å²) in [6.45, 7) is 21.4. The van der Waals surface area contributed by atoms with Gasteiger partial charge in [-0.25, -0.2) is 4.79 Å². The Bertz CT molecular complexity index is 1430. The first-order valence-corrected chi connectivity index (χ1v) is 16.3. The summed E-state index contributed by atoms with van der Waals surface area (Å²) in [5.74, 6) is 0.217. The second-order valence-electron chi connectivity index (χ2n) is 14.1. The summed E-state index contributed by atoms with van der Waals surface area (Å²) in [6, 6.07) is 22.2. The first-order chi connectivity index (χ1) is 20.8. The molecular weight excluding hydrogens is 544 g/mol. The number of hydrogen-bond acceptors (Lipinski definition) is 3. The molecule has 0 aliphatic carbocycles. The number of benzene rings is 3. The van der Waals surface area contributed by atoms with Crippen LogP contribution in [-0.2, 0) is 14.9 Å². The zero-order chi connectivity index (χ0) is 32.2. The van der Waals surface area contributed by atoms with E-state index in [-0.39, 0.29) is 36.1 Å². The average molecular weight is 597 g/mol.